The minimum atomic E-state index is -4.32. The van der Waals surface area contributed by atoms with Gasteiger partial charge in [-0.2, -0.15) is 13.2 Å². The van der Waals surface area contributed by atoms with Crippen LogP contribution in [0.15, 0.2) is 48.5 Å². The van der Waals surface area contributed by atoms with Crippen molar-refractivity contribution in [3.05, 3.63) is 54.1 Å². The number of nitrogens with zero attached hydrogens (tertiary/aromatic N) is 2. The maximum atomic E-state index is 12.9. The van der Waals surface area contributed by atoms with Crippen LogP contribution in [0.4, 0.5) is 35.0 Å². The Morgan fingerprint density at radius 2 is 1.58 bits per heavy atom. The van der Waals surface area contributed by atoms with Gasteiger partial charge in [-0.15, -0.1) is 0 Å². The Kier molecular flexibility index (Phi) is 8.28. The first kappa shape index (κ1) is 26.1. The van der Waals surface area contributed by atoms with Crippen LogP contribution in [0.25, 0.3) is 0 Å². The summed E-state index contributed by atoms with van der Waals surface area (Å²) in [6.07, 6.45) is 1.73. The van der Waals surface area contributed by atoms with Gasteiger partial charge in [0.2, 0.25) is 0 Å². The number of carbonyl (C=O) groups is 1. The van der Waals surface area contributed by atoms with Crippen LogP contribution in [-0.4, -0.2) is 51.3 Å². The van der Waals surface area contributed by atoms with E-state index < -0.39 is 11.7 Å². The zero-order valence-electron chi connectivity index (χ0n) is 20.9. The Bertz CT molecular complexity index is 994. The molecular formula is C27H36F3N5O. The molecule has 0 unspecified atom stereocenters. The molecule has 2 fully saturated rings. The highest BCUT2D eigenvalue weighted by Crippen LogP contribution is 2.31. The second kappa shape index (κ2) is 11.4. The molecule has 1 aliphatic heterocycles. The van der Waals surface area contributed by atoms with Crippen LogP contribution in [0.5, 0.6) is 0 Å². The number of rotatable bonds is 6. The monoisotopic (exact) mass is 503 g/mol. The van der Waals surface area contributed by atoms with Crippen LogP contribution in [-0.2, 0) is 6.18 Å². The van der Waals surface area contributed by atoms with Gasteiger partial charge in [0.1, 0.15) is 0 Å². The summed E-state index contributed by atoms with van der Waals surface area (Å²) in [7, 11) is 3.95. The van der Waals surface area contributed by atoms with Gasteiger partial charge in [0.25, 0.3) is 0 Å². The molecule has 3 N–H and O–H groups in total. The third-order valence-corrected chi connectivity index (χ3v) is 7.15. The van der Waals surface area contributed by atoms with Crippen LogP contribution in [0.3, 0.4) is 0 Å². The average Bonchev–Trinajstić information content (AvgIpc) is 2.85. The van der Waals surface area contributed by atoms with E-state index in [1.54, 1.807) is 12.1 Å². The molecule has 1 saturated carbocycles. The fourth-order valence-electron chi connectivity index (χ4n) is 5.19. The fourth-order valence-corrected chi connectivity index (χ4v) is 5.19. The average molecular weight is 504 g/mol. The van der Waals surface area contributed by atoms with E-state index in [0.29, 0.717) is 0 Å². The number of amides is 2. The van der Waals surface area contributed by atoms with E-state index in [4.69, 9.17) is 0 Å². The van der Waals surface area contributed by atoms with Gasteiger partial charge in [-0.05, 0) is 74.2 Å². The molecule has 2 amide bonds. The lowest BCUT2D eigenvalue weighted by molar-refractivity contribution is -0.137. The largest absolute Gasteiger partial charge is 0.416 e. The predicted octanol–water partition coefficient (Wildman–Crippen LogP) is 5.46. The number of halogens is 3. The third-order valence-electron chi connectivity index (χ3n) is 7.15. The second-order valence-corrected chi connectivity index (χ2v) is 10.0. The summed E-state index contributed by atoms with van der Waals surface area (Å²) >= 11 is 0. The standard InChI is InChI=1S/C27H36F3N5O/c1-34(2)22-15-11-20(12-16-22)32-26(36)33-25-8-4-3-7-24(25)31-21-6-5-17-35(18-21)23-13-9-19(10-14-23)27(28,29)30/h9-16,21,24-25,31H,3-8,17-18H2,1-2H3,(H2,32,33,36)/t21-,24+,25+/m0/s1. The number of hydrogen-bond donors (Lipinski definition) is 3. The van der Waals surface area contributed by atoms with E-state index in [1.165, 1.54) is 0 Å². The highest BCUT2D eigenvalue weighted by molar-refractivity contribution is 5.89. The Labute approximate surface area is 211 Å². The van der Waals surface area contributed by atoms with Crippen molar-refractivity contribution in [1.82, 2.24) is 10.6 Å². The van der Waals surface area contributed by atoms with Gasteiger partial charge in [-0.1, -0.05) is 12.8 Å². The van der Waals surface area contributed by atoms with Crippen molar-refractivity contribution in [1.29, 1.82) is 0 Å². The highest BCUT2D eigenvalue weighted by atomic mass is 19.4. The SMILES string of the molecule is CN(C)c1ccc(NC(=O)N[C@@H]2CCCC[C@H]2N[C@H]2CCCN(c3ccc(C(F)(F)F)cc3)C2)cc1. The first-order valence-corrected chi connectivity index (χ1v) is 12.7. The molecule has 9 heteroatoms. The molecule has 0 bridgehead atoms. The number of carbonyl (C=O) groups excluding carboxylic acids is 1. The van der Waals surface area contributed by atoms with E-state index >= 15 is 0 Å². The van der Waals surface area contributed by atoms with E-state index in [1.807, 2.05) is 43.3 Å². The van der Waals surface area contributed by atoms with E-state index in [0.717, 1.165) is 80.8 Å². The minimum absolute atomic E-state index is 0.0289. The summed E-state index contributed by atoms with van der Waals surface area (Å²) in [6, 6.07) is 13.3. The van der Waals surface area contributed by atoms with Crippen molar-refractivity contribution in [2.45, 2.75) is 62.8 Å². The van der Waals surface area contributed by atoms with Gasteiger partial charge in [0.05, 0.1) is 5.56 Å². The molecule has 1 saturated heterocycles. The topological polar surface area (TPSA) is 59.6 Å². The summed E-state index contributed by atoms with van der Waals surface area (Å²) in [5, 5.41) is 9.87. The number of benzene rings is 2. The molecule has 0 spiro atoms. The van der Waals surface area contributed by atoms with E-state index in [2.05, 4.69) is 20.9 Å². The first-order chi connectivity index (χ1) is 17.2. The summed E-state index contributed by atoms with van der Waals surface area (Å²) in [4.78, 5) is 16.9. The number of nitrogens with one attached hydrogen (secondary N) is 3. The zero-order chi connectivity index (χ0) is 25.7. The Morgan fingerprint density at radius 3 is 2.22 bits per heavy atom. The van der Waals surface area contributed by atoms with Gasteiger partial charge in [-0.3, -0.25) is 0 Å². The van der Waals surface area contributed by atoms with Crippen molar-refractivity contribution in [3.8, 4) is 0 Å². The smallest absolute Gasteiger partial charge is 0.378 e. The second-order valence-electron chi connectivity index (χ2n) is 10.0. The lowest BCUT2D eigenvalue weighted by atomic mass is 9.89. The quantitative estimate of drug-likeness (QED) is 0.490. The van der Waals surface area contributed by atoms with Crippen LogP contribution in [0, 0.1) is 0 Å². The van der Waals surface area contributed by atoms with E-state index in [-0.39, 0.29) is 24.2 Å². The van der Waals surface area contributed by atoms with Gasteiger partial charge >= 0.3 is 12.2 Å². The molecule has 2 aromatic rings. The van der Waals surface area contributed by atoms with Crippen molar-refractivity contribution in [2.24, 2.45) is 0 Å². The maximum Gasteiger partial charge on any atom is 0.416 e. The Hall–Kier alpha value is -2.94. The minimum Gasteiger partial charge on any atom is -0.378 e. The fraction of sp³-hybridized carbons (Fsp3) is 0.519. The van der Waals surface area contributed by atoms with Crippen LogP contribution < -0.4 is 25.8 Å². The molecule has 196 valence electrons. The summed E-state index contributed by atoms with van der Waals surface area (Å²) in [5.41, 5.74) is 2.00. The van der Waals surface area contributed by atoms with Crippen LogP contribution >= 0.6 is 0 Å². The molecule has 1 aliphatic carbocycles. The molecule has 2 aliphatic rings. The van der Waals surface area contributed by atoms with Crippen molar-refractivity contribution in [2.75, 3.05) is 42.3 Å². The normalized spacial score (nSPS) is 22.7. The van der Waals surface area contributed by atoms with Crippen molar-refractivity contribution < 1.29 is 18.0 Å². The molecule has 36 heavy (non-hydrogen) atoms. The third kappa shape index (κ3) is 6.84. The molecule has 4 rings (SSSR count). The number of piperidine rings is 1. The van der Waals surface area contributed by atoms with Gasteiger partial charge in [0, 0.05) is 62.4 Å². The zero-order valence-corrected chi connectivity index (χ0v) is 20.9. The van der Waals surface area contributed by atoms with Crippen molar-refractivity contribution >= 4 is 23.1 Å². The predicted molar refractivity (Wildman–Crippen MR) is 139 cm³/mol. The number of hydrogen-bond acceptors (Lipinski definition) is 4. The number of urea groups is 1. The Balaban J connectivity index is 1.32. The number of anilines is 3. The van der Waals surface area contributed by atoms with Gasteiger partial charge in [-0.25, -0.2) is 4.79 Å². The maximum absolute atomic E-state index is 12.9. The molecule has 6 nitrogen and oxygen atoms in total. The molecule has 1 heterocycles. The lowest BCUT2D eigenvalue weighted by Gasteiger charge is -2.40. The van der Waals surface area contributed by atoms with Crippen LogP contribution in [0.1, 0.15) is 44.1 Å². The Morgan fingerprint density at radius 1 is 0.917 bits per heavy atom. The van der Waals surface area contributed by atoms with E-state index in [9.17, 15) is 18.0 Å². The molecular weight excluding hydrogens is 467 g/mol. The molecule has 0 radical (unpaired) electrons. The molecule has 0 aromatic heterocycles. The van der Waals surface area contributed by atoms with Crippen molar-refractivity contribution in [3.63, 3.8) is 0 Å². The first-order valence-electron chi connectivity index (χ1n) is 12.7. The number of alkyl halides is 3. The summed E-state index contributed by atoms with van der Waals surface area (Å²) in [6.45, 7) is 1.56. The highest BCUT2D eigenvalue weighted by Gasteiger charge is 2.32. The van der Waals surface area contributed by atoms with Gasteiger partial charge in [0.15, 0.2) is 0 Å². The lowest BCUT2D eigenvalue weighted by Crippen LogP contribution is -2.57. The molecule has 2 aromatic carbocycles. The summed E-state index contributed by atoms with van der Waals surface area (Å²) < 4.78 is 38.8. The summed E-state index contributed by atoms with van der Waals surface area (Å²) in [5.74, 6) is 0. The van der Waals surface area contributed by atoms with Crippen LogP contribution in [0.2, 0.25) is 0 Å². The van der Waals surface area contributed by atoms with Gasteiger partial charge < -0.3 is 25.8 Å². The molecule has 3 atom stereocenters.